The summed E-state index contributed by atoms with van der Waals surface area (Å²) in [6.45, 7) is -0.748. The van der Waals surface area contributed by atoms with Gasteiger partial charge in [0, 0.05) is 23.5 Å². The normalized spacial score (nSPS) is 12.5. The summed E-state index contributed by atoms with van der Waals surface area (Å²) in [6, 6.07) is 7.67. The first-order valence-corrected chi connectivity index (χ1v) is 5.27. The van der Waals surface area contributed by atoms with Crippen LogP contribution in [0.4, 0.5) is 9.18 Å². The number of ether oxygens (including phenoxy) is 1. The van der Waals surface area contributed by atoms with E-state index in [0.717, 1.165) is 16.5 Å². The molecule has 1 heterocycles. The highest BCUT2D eigenvalue weighted by Crippen LogP contribution is 2.19. The molecule has 1 atom stereocenters. The van der Waals surface area contributed by atoms with Gasteiger partial charge in [0.1, 0.15) is 12.8 Å². The topological polar surface area (TPSA) is 68.1 Å². The third-order valence-corrected chi connectivity index (χ3v) is 2.58. The number of para-hydroxylation sites is 1. The largest absolute Gasteiger partial charge is 0.443 e. The van der Waals surface area contributed by atoms with Gasteiger partial charge in [-0.2, -0.15) is 0 Å². The van der Waals surface area contributed by atoms with Crippen LogP contribution < -0.4 is 5.73 Å². The van der Waals surface area contributed by atoms with Gasteiger partial charge in [-0.25, -0.2) is 9.18 Å². The van der Waals surface area contributed by atoms with Crippen LogP contribution in [0.1, 0.15) is 5.56 Å². The van der Waals surface area contributed by atoms with Crippen LogP contribution in [-0.4, -0.2) is 23.9 Å². The van der Waals surface area contributed by atoms with Gasteiger partial charge >= 0.3 is 6.09 Å². The molecule has 0 radical (unpaired) electrons. The maximum atomic E-state index is 12.7. The summed E-state index contributed by atoms with van der Waals surface area (Å²) in [5.41, 5.74) is 6.75. The van der Waals surface area contributed by atoms with E-state index in [1.54, 1.807) is 6.20 Å². The minimum atomic E-state index is -0.951. The van der Waals surface area contributed by atoms with E-state index in [1.165, 1.54) is 0 Å². The quantitative estimate of drug-likeness (QED) is 0.854. The molecule has 2 aromatic rings. The average molecular weight is 236 g/mol. The van der Waals surface area contributed by atoms with Crippen molar-refractivity contribution in [3.63, 3.8) is 0 Å². The van der Waals surface area contributed by atoms with Crippen molar-refractivity contribution in [3.8, 4) is 0 Å². The van der Waals surface area contributed by atoms with Gasteiger partial charge in [-0.15, -0.1) is 0 Å². The number of rotatable bonds is 4. The Morgan fingerprint density at radius 2 is 2.24 bits per heavy atom. The molecule has 0 spiro atoms. The maximum absolute atomic E-state index is 12.7. The van der Waals surface area contributed by atoms with Crippen molar-refractivity contribution in [3.05, 3.63) is 36.0 Å². The molecule has 1 aromatic heterocycles. The molecule has 2 rings (SSSR count). The number of carbonyl (C=O) groups excluding carboxylic acids is 1. The highest BCUT2D eigenvalue weighted by Gasteiger charge is 2.15. The van der Waals surface area contributed by atoms with E-state index in [1.807, 2.05) is 24.3 Å². The Bertz CT molecular complexity index is 524. The van der Waals surface area contributed by atoms with Crippen LogP contribution in [0.25, 0.3) is 10.9 Å². The molecule has 0 aliphatic carbocycles. The lowest BCUT2D eigenvalue weighted by Gasteiger charge is -2.12. The third kappa shape index (κ3) is 2.55. The molecular formula is C12H13FN2O2. The fourth-order valence-electron chi connectivity index (χ4n) is 1.84. The van der Waals surface area contributed by atoms with Crippen molar-refractivity contribution in [1.82, 2.24) is 4.98 Å². The minimum absolute atomic E-state index is 0.309. The molecule has 4 nitrogen and oxygen atoms in total. The van der Waals surface area contributed by atoms with Crippen molar-refractivity contribution < 1.29 is 13.9 Å². The van der Waals surface area contributed by atoms with E-state index in [0.29, 0.717) is 6.42 Å². The predicted octanol–water partition coefficient (Wildman–Crippen LogP) is 2.14. The molecule has 0 aliphatic heterocycles. The third-order valence-electron chi connectivity index (χ3n) is 2.58. The Morgan fingerprint density at radius 3 is 2.94 bits per heavy atom. The number of fused-ring (bicyclic) bond motifs is 1. The highest BCUT2D eigenvalue weighted by molar-refractivity contribution is 5.83. The van der Waals surface area contributed by atoms with Crippen LogP contribution in [0.2, 0.25) is 0 Å². The maximum Gasteiger partial charge on any atom is 0.404 e. The van der Waals surface area contributed by atoms with Crippen LogP contribution in [0.3, 0.4) is 0 Å². The Morgan fingerprint density at radius 1 is 1.47 bits per heavy atom. The van der Waals surface area contributed by atoms with Gasteiger partial charge in [-0.1, -0.05) is 18.2 Å². The van der Waals surface area contributed by atoms with Crippen molar-refractivity contribution in [2.24, 2.45) is 5.73 Å². The van der Waals surface area contributed by atoms with Crippen LogP contribution in [0, 0.1) is 0 Å². The van der Waals surface area contributed by atoms with Crippen LogP contribution >= 0.6 is 0 Å². The molecule has 0 fully saturated rings. The highest BCUT2D eigenvalue weighted by atomic mass is 19.1. The molecule has 0 saturated carbocycles. The molecule has 0 saturated heterocycles. The molecule has 5 heteroatoms. The van der Waals surface area contributed by atoms with Gasteiger partial charge in [0.15, 0.2) is 0 Å². The van der Waals surface area contributed by atoms with E-state index >= 15 is 0 Å². The van der Waals surface area contributed by atoms with E-state index in [4.69, 9.17) is 5.73 Å². The number of carbonyl (C=O) groups is 1. The zero-order valence-corrected chi connectivity index (χ0v) is 9.15. The lowest BCUT2D eigenvalue weighted by atomic mass is 10.1. The molecular weight excluding hydrogens is 223 g/mol. The Labute approximate surface area is 97.6 Å². The second-order valence-electron chi connectivity index (χ2n) is 3.78. The van der Waals surface area contributed by atoms with Gasteiger partial charge in [0.05, 0.1) is 0 Å². The van der Waals surface area contributed by atoms with Crippen LogP contribution in [-0.2, 0) is 11.2 Å². The first kappa shape index (κ1) is 11.4. The zero-order chi connectivity index (χ0) is 12.3. The van der Waals surface area contributed by atoms with Gasteiger partial charge in [-0.3, -0.25) is 0 Å². The summed E-state index contributed by atoms with van der Waals surface area (Å²) in [5.74, 6) is 0. The number of alkyl halides is 1. The van der Waals surface area contributed by atoms with E-state index in [2.05, 4.69) is 9.72 Å². The first-order chi connectivity index (χ1) is 8.20. The second-order valence-corrected chi connectivity index (χ2v) is 3.78. The molecule has 17 heavy (non-hydrogen) atoms. The SMILES string of the molecule is NC(=O)O[C@H](CF)Cc1c[nH]c2ccccc12. The fourth-order valence-corrected chi connectivity index (χ4v) is 1.84. The molecule has 90 valence electrons. The lowest BCUT2D eigenvalue weighted by Crippen LogP contribution is -2.26. The number of H-pyrrole nitrogens is 1. The van der Waals surface area contributed by atoms with Gasteiger partial charge < -0.3 is 15.5 Å². The number of aromatic nitrogens is 1. The van der Waals surface area contributed by atoms with Crippen molar-refractivity contribution in [1.29, 1.82) is 0 Å². The standard InChI is InChI=1S/C12H13FN2O2/c13-6-9(17-12(14)16)5-8-7-15-11-4-2-1-3-10(8)11/h1-4,7,9,15H,5-6H2,(H2,14,16)/t9-/m0/s1. The molecule has 0 bridgehead atoms. The van der Waals surface area contributed by atoms with Crippen molar-refractivity contribution in [2.45, 2.75) is 12.5 Å². The summed E-state index contributed by atoms with van der Waals surface area (Å²) in [4.78, 5) is 13.7. The predicted molar refractivity (Wildman–Crippen MR) is 62.4 cm³/mol. The number of halogens is 1. The average Bonchev–Trinajstić information content (AvgIpc) is 2.71. The molecule has 0 unspecified atom stereocenters. The summed E-state index contributed by atoms with van der Waals surface area (Å²) < 4.78 is 17.3. The monoisotopic (exact) mass is 236 g/mol. The smallest absolute Gasteiger partial charge is 0.404 e. The fraction of sp³-hybridized carbons (Fsp3) is 0.250. The van der Waals surface area contributed by atoms with Gasteiger partial charge in [0.2, 0.25) is 0 Å². The first-order valence-electron chi connectivity index (χ1n) is 5.27. The van der Waals surface area contributed by atoms with Gasteiger partial charge in [-0.05, 0) is 11.6 Å². The number of benzene rings is 1. The zero-order valence-electron chi connectivity index (χ0n) is 9.15. The van der Waals surface area contributed by atoms with E-state index < -0.39 is 18.9 Å². The van der Waals surface area contributed by atoms with E-state index in [-0.39, 0.29) is 0 Å². The Hall–Kier alpha value is -2.04. The summed E-state index contributed by atoms with van der Waals surface area (Å²) in [7, 11) is 0. The van der Waals surface area contributed by atoms with Crippen molar-refractivity contribution >= 4 is 17.0 Å². The van der Waals surface area contributed by atoms with Crippen LogP contribution in [0.5, 0.6) is 0 Å². The number of hydrogen-bond acceptors (Lipinski definition) is 2. The number of aromatic amines is 1. The van der Waals surface area contributed by atoms with Gasteiger partial charge in [0.25, 0.3) is 0 Å². The number of primary amides is 1. The second kappa shape index (κ2) is 4.86. The molecule has 1 aromatic carbocycles. The van der Waals surface area contributed by atoms with Crippen molar-refractivity contribution in [2.75, 3.05) is 6.67 Å². The molecule has 1 amide bonds. The molecule has 0 aliphatic rings. The summed E-state index contributed by atoms with van der Waals surface area (Å²) in [5, 5.41) is 0.999. The lowest BCUT2D eigenvalue weighted by molar-refractivity contribution is 0.0895. The number of nitrogens with one attached hydrogen (secondary N) is 1. The number of nitrogens with two attached hydrogens (primary N) is 1. The molecule has 3 N–H and O–H groups in total. The Kier molecular flexibility index (Phi) is 3.27. The van der Waals surface area contributed by atoms with Crippen LogP contribution in [0.15, 0.2) is 30.5 Å². The number of hydrogen-bond donors (Lipinski definition) is 2. The summed E-state index contributed by atoms with van der Waals surface area (Å²) >= 11 is 0. The number of amides is 1. The van der Waals surface area contributed by atoms with E-state index in [9.17, 15) is 9.18 Å². The summed E-state index contributed by atoms with van der Waals surface area (Å²) in [6.07, 6.45) is 0.320. The minimum Gasteiger partial charge on any atom is -0.443 e. The Balaban J connectivity index is 2.19.